The predicted molar refractivity (Wildman–Crippen MR) is 98.7 cm³/mol. The van der Waals surface area contributed by atoms with Gasteiger partial charge in [-0.2, -0.15) is 4.98 Å². The first kappa shape index (κ1) is 20.0. The Labute approximate surface area is 168 Å². The first-order chi connectivity index (χ1) is 14.2. The molecule has 1 saturated heterocycles. The van der Waals surface area contributed by atoms with E-state index in [0.29, 0.717) is 4.90 Å². The number of anilines is 1. The summed E-state index contributed by atoms with van der Waals surface area (Å²) in [6, 6.07) is 6.56. The molecule has 5 rings (SSSR count). The molecule has 0 radical (unpaired) electrons. The molecule has 30 heavy (non-hydrogen) atoms. The van der Waals surface area contributed by atoms with Gasteiger partial charge in [-0.1, -0.05) is 18.2 Å². The monoisotopic (exact) mass is 415 g/mol. The highest BCUT2D eigenvalue weighted by atomic mass is 16.6. The molecule has 2 amide bonds. The SMILES string of the molecule is CC(=O)N1C(=O)c2ccccc2C(=O)[C@@]2(O)[C@H](O)[C@@H](CO)O[C@H]2n2ccc1nc2=O. The summed E-state index contributed by atoms with van der Waals surface area (Å²) in [5.41, 5.74) is -4.30. The molecule has 4 atom stereocenters. The molecule has 156 valence electrons. The minimum Gasteiger partial charge on any atom is -0.394 e. The zero-order chi connectivity index (χ0) is 21.8. The summed E-state index contributed by atoms with van der Waals surface area (Å²) < 4.78 is 6.20. The number of aromatic nitrogens is 2. The van der Waals surface area contributed by atoms with Crippen LogP contribution in [0.1, 0.15) is 33.9 Å². The Balaban J connectivity index is 2.07. The van der Waals surface area contributed by atoms with Gasteiger partial charge in [-0.05, 0) is 12.1 Å². The molecule has 0 spiro atoms. The summed E-state index contributed by atoms with van der Waals surface area (Å²) in [7, 11) is 0. The predicted octanol–water partition coefficient (Wildman–Crippen LogP) is -1.39. The van der Waals surface area contributed by atoms with Crippen molar-refractivity contribution in [3.8, 4) is 0 Å². The Kier molecular flexibility index (Phi) is 4.62. The van der Waals surface area contributed by atoms with Gasteiger partial charge in [-0.25, -0.2) is 9.69 Å². The Hall–Kier alpha value is -3.25. The van der Waals surface area contributed by atoms with Crippen LogP contribution >= 0.6 is 0 Å². The van der Waals surface area contributed by atoms with E-state index in [1.807, 2.05) is 0 Å². The molecule has 1 aromatic heterocycles. The van der Waals surface area contributed by atoms with Gasteiger partial charge in [0.2, 0.25) is 17.3 Å². The van der Waals surface area contributed by atoms with Crippen LogP contribution in [0, 0.1) is 0 Å². The third-order valence-electron chi connectivity index (χ3n) is 5.24. The summed E-state index contributed by atoms with van der Waals surface area (Å²) in [6.45, 7) is 0.350. The maximum absolute atomic E-state index is 13.4. The van der Waals surface area contributed by atoms with E-state index in [4.69, 9.17) is 4.74 Å². The maximum Gasteiger partial charge on any atom is 0.351 e. The minimum atomic E-state index is -2.72. The highest BCUT2D eigenvalue weighted by Crippen LogP contribution is 2.41. The van der Waals surface area contributed by atoms with E-state index < -0.39 is 53.9 Å². The number of benzene rings is 1. The van der Waals surface area contributed by atoms with Gasteiger partial charge in [-0.3, -0.25) is 19.0 Å². The van der Waals surface area contributed by atoms with E-state index in [1.54, 1.807) is 0 Å². The summed E-state index contributed by atoms with van der Waals surface area (Å²) in [5, 5.41) is 31.4. The van der Waals surface area contributed by atoms with Crippen molar-refractivity contribution in [3.63, 3.8) is 0 Å². The number of fused-ring (bicyclic) bond motifs is 3. The molecule has 0 saturated carbocycles. The molecule has 2 aromatic rings. The maximum atomic E-state index is 13.4. The number of carbonyl (C=O) groups is 3. The number of nitrogens with zero attached hydrogens (tertiary/aromatic N) is 3. The number of carbonyl (C=O) groups excluding carboxylic acids is 3. The molecular weight excluding hydrogens is 398 g/mol. The van der Waals surface area contributed by atoms with E-state index in [0.717, 1.165) is 17.7 Å². The second-order valence-electron chi connectivity index (χ2n) is 6.99. The van der Waals surface area contributed by atoms with E-state index >= 15 is 0 Å². The zero-order valence-electron chi connectivity index (χ0n) is 15.6. The molecule has 2 bridgehead atoms. The summed E-state index contributed by atoms with van der Waals surface area (Å²) in [6.07, 6.45) is -3.95. The summed E-state index contributed by atoms with van der Waals surface area (Å²) >= 11 is 0. The number of Topliss-reactive ketones (excluding diaryl/α,β-unsaturated/α-hetero) is 1. The number of ketones is 1. The molecule has 0 unspecified atom stereocenters. The van der Waals surface area contributed by atoms with Gasteiger partial charge in [0, 0.05) is 18.7 Å². The lowest BCUT2D eigenvalue weighted by Crippen LogP contribution is -2.54. The lowest BCUT2D eigenvalue weighted by molar-refractivity contribution is -0.116. The average Bonchev–Trinajstić information content (AvgIpc) is 2.98. The molecule has 1 aromatic carbocycles. The van der Waals surface area contributed by atoms with Crippen LogP contribution in [0.2, 0.25) is 0 Å². The minimum absolute atomic E-state index is 0.242. The molecule has 3 N–H and O–H groups in total. The number of rotatable bonds is 1. The second-order valence-corrected chi connectivity index (χ2v) is 6.99. The average molecular weight is 415 g/mol. The van der Waals surface area contributed by atoms with E-state index in [-0.39, 0.29) is 16.9 Å². The highest BCUT2D eigenvalue weighted by molar-refractivity contribution is 6.23. The zero-order valence-corrected chi connectivity index (χ0v) is 15.6. The van der Waals surface area contributed by atoms with Gasteiger partial charge in [0.05, 0.1) is 12.2 Å². The van der Waals surface area contributed by atoms with Crippen molar-refractivity contribution >= 4 is 23.4 Å². The topological polar surface area (TPSA) is 159 Å². The van der Waals surface area contributed by atoms with Gasteiger partial charge in [0.15, 0.2) is 6.23 Å². The van der Waals surface area contributed by atoms with Crippen molar-refractivity contribution in [1.29, 1.82) is 0 Å². The number of aliphatic hydroxyl groups excluding tert-OH is 2. The molecule has 0 aliphatic carbocycles. The number of amides is 2. The van der Waals surface area contributed by atoms with Crippen LogP contribution < -0.4 is 10.6 Å². The van der Waals surface area contributed by atoms with Crippen LogP contribution in [0.25, 0.3) is 0 Å². The number of ether oxygens (including phenoxy) is 1. The lowest BCUT2D eigenvalue weighted by atomic mass is 9.84. The van der Waals surface area contributed by atoms with E-state index in [1.165, 1.54) is 30.3 Å². The van der Waals surface area contributed by atoms with Gasteiger partial charge < -0.3 is 20.1 Å². The molecule has 11 nitrogen and oxygen atoms in total. The fraction of sp³-hybridized carbons (Fsp3) is 0.316. The molecule has 3 aliphatic rings. The second kappa shape index (κ2) is 6.92. The van der Waals surface area contributed by atoms with E-state index in [2.05, 4.69) is 4.98 Å². The largest absolute Gasteiger partial charge is 0.394 e. The van der Waals surface area contributed by atoms with Crippen LogP contribution in [0.15, 0.2) is 41.3 Å². The molecule has 4 heterocycles. The van der Waals surface area contributed by atoms with Crippen molar-refractivity contribution in [2.24, 2.45) is 0 Å². The summed E-state index contributed by atoms with van der Waals surface area (Å²) in [5.74, 6) is -3.08. The highest BCUT2D eigenvalue weighted by Gasteiger charge is 2.61. The third-order valence-corrected chi connectivity index (χ3v) is 5.24. The first-order valence-corrected chi connectivity index (χ1v) is 8.96. The normalized spacial score (nSPS) is 28.1. The van der Waals surface area contributed by atoms with Crippen LogP contribution in [-0.2, 0) is 9.53 Å². The standard InChI is InChI=1S/C19H17N3O8/c1-9(24)22-13-6-7-21(18(28)20-13)17-19(29,15(26)12(8-23)30-17)14(25)10-4-2-3-5-11(10)16(22)27/h2-7,12,15,17,23,26,29H,8H2,1H3/t12-,15-,17-,19-/m1/s1. The summed E-state index contributed by atoms with van der Waals surface area (Å²) in [4.78, 5) is 55.7. The first-order valence-electron chi connectivity index (χ1n) is 8.96. The Morgan fingerprint density at radius 3 is 2.47 bits per heavy atom. The third kappa shape index (κ3) is 2.64. The van der Waals surface area contributed by atoms with Crippen LogP contribution in [0.4, 0.5) is 5.82 Å². The van der Waals surface area contributed by atoms with Crippen LogP contribution in [0.3, 0.4) is 0 Å². The quantitative estimate of drug-likeness (QED) is 0.510. The van der Waals surface area contributed by atoms with Crippen molar-refractivity contribution < 1.29 is 34.4 Å². The fourth-order valence-electron chi connectivity index (χ4n) is 3.76. The Morgan fingerprint density at radius 1 is 1.20 bits per heavy atom. The van der Waals surface area contributed by atoms with Crippen molar-refractivity contribution in [2.75, 3.05) is 11.5 Å². The van der Waals surface area contributed by atoms with Crippen molar-refractivity contribution in [1.82, 2.24) is 9.55 Å². The van der Waals surface area contributed by atoms with Crippen LogP contribution in [0.5, 0.6) is 0 Å². The number of imide groups is 1. The smallest absolute Gasteiger partial charge is 0.351 e. The van der Waals surface area contributed by atoms with Gasteiger partial charge in [0.1, 0.15) is 18.0 Å². The van der Waals surface area contributed by atoms with E-state index in [9.17, 15) is 34.5 Å². The number of hydrogen-bond acceptors (Lipinski definition) is 9. The van der Waals surface area contributed by atoms with Crippen LogP contribution in [-0.4, -0.2) is 66.9 Å². The lowest BCUT2D eigenvalue weighted by Gasteiger charge is -2.30. The molecule has 11 heteroatoms. The molecular formula is C19H17N3O8. The van der Waals surface area contributed by atoms with Gasteiger partial charge >= 0.3 is 5.69 Å². The molecule has 3 aliphatic heterocycles. The fourth-order valence-corrected chi connectivity index (χ4v) is 3.76. The Morgan fingerprint density at radius 2 is 1.87 bits per heavy atom. The van der Waals surface area contributed by atoms with Gasteiger partial charge in [0.25, 0.3) is 5.91 Å². The molecule has 1 fully saturated rings. The van der Waals surface area contributed by atoms with Gasteiger partial charge in [-0.15, -0.1) is 0 Å². The van der Waals surface area contributed by atoms with Crippen molar-refractivity contribution in [2.45, 2.75) is 31.0 Å². The number of hydrogen-bond donors (Lipinski definition) is 3. The van der Waals surface area contributed by atoms with Crippen molar-refractivity contribution in [3.05, 3.63) is 58.1 Å². The Bertz CT molecular complexity index is 1130. The number of aliphatic hydroxyl groups is 3.